The third-order valence-corrected chi connectivity index (χ3v) is 3.21. The fraction of sp³-hybridized carbons (Fsp3) is 0.667. The van der Waals surface area contributed by atoms with Crippen LogP contribution < -0.4 is 0 Å². The summed E-state index contributed by atoms with van der Waals surface area (Å²) in [6.07, 6.45) is 1.35. The van der Waals surface area contributed by atoms with Gasteiger partial charge >= 0.3 is 5.97 Å². The van der Waals surface area contributed by atoms with Gasteiger partial charge in [-0.15, -0.1) is 5.10 Å². The molecule has 0 aromatic carbocycles. The Bertz CT molecular complexity index is 476. The first-order valence-electron chi connectivity index (χ1n) is 6.02. The van der Waals surface area contributed by atoms with Gasteiger partial charge in [-0.2, -0.15) is 0 Å². The van der Waals surface area contributed by atoms with Gasteiger partial charge in [0, 0.05) is 13.1 Å². The lowest BCUT2D eigenvalue weighted by Crippen LogP contribution is -2.43. The summed E-state index contributed by atoms with van der Waals surface area (Å²) in [6.45, 7) is 7.78. The monoisotopic (exact) mass is 268 g/mol. The molecule has 0 fully saturated rings. The molecule has 0 aliphatic carbocycles. The number of carboxylic acid groups (broad SMARTS) is 1. The second-order valence-electron chi connectivity index (χ2n) is 5.65. The van der Waals surface area contributed by atoms with Gasteiger partial charge in [0.15, 0.2) is 5.69 Å². The van der Waals surface area contributed by atoms with E-state index in [1.165, 1.54) is 6.20 Å². The zero-order valence-electron chi connectivity index (χ0n) is 11.9. The molecule has 1 rings (SSSR count). The molecule has 19 heavy (non-hydrogen) atoms. The van der Waals surface area contributed by atoms with Gasteiger partial charge in [-0.1, -0.05) is 26.0 Å². The quantitative estimate of drug-likeness (QED) is 0.875. The third kappa shape index (κ3) is 3.77. The van der Waals surface area contributed by atoms with Crippen LogP contribution >= 0.6 is 0 Å². The van der Waals surface area contributed by atoms with Gasteiger partial charge in [-0.3, -0.25) is 9.59 Å². The van der Waals surface area contributed by atoms with Crippen LogP contribution in [0.4, 0.5) is 0 Å². The maximum Gasteiger partial charge on any atom is 0.325 e. The fourth-order valence-corrected chi connectivity index (χ4v) is 1.55. The van der Waals surface area contributed by atoms with Gasteiger partial charge in [0.25, 0.3) is 5.91 Å². The van der Waals surface area contributed by atoms with E-state index in [2.05, 4.69) is 10.3 Å². The van der Waals surface area contributed by atoms with E-state index < -0.39 is 5.97 Å². The summed E-state index contributed by atoms with van der Waals surface area (Å²) < 4.78 is 1.13. The Kier molecular flexibility index (Phi) is 4.28. The Morgan fingerprint density at radius 3 is 2.53 bits per heavy atom. The van der Waals surface area contributed by atoms with E-state index >= 15 is 0 Å². The van der Waals surface area contributed by atoms with Crippen molar-refractivity contribution in [1.29, 1.82) is 0 Å². The molecule has 1 unspecified atom stereocenters. The zero-order chi connectivity index (χ0) is 14.8. The van der Waals surface area contributed by atoms with Crippen molar-refractivity contribution < 1.29 is 14.7 Å². The van der Waals surface area contributed by atoms with Crippen LogP contribution in [0.15, 0.2) is 6.20 Å². The molecule has 0 bridgehead atoms. The summed E-state index contributed by atoms with van der Waals surface area (Å²) in [7, 11) is 1.70. The van der Waals surface area contributed by atoms with Crippen LogP contribution in [-0.4, -0.2) is 50.0 Å². The van der Waals surface area contributed by atoms with Crippen molar-refractivity contribution in [2.45, 2.75) is 40.3 Å². The Balaban J connectivity index is 2.83. The first-order valence-corrected chi connectivity index (χ1v) is 6.02. The number of hydrogen-bond donors (Lipinski definition) is 1. The SMILES string of the molecule is CC(N(C)C(=O)c1cn(CC(=O)O)nn1)C(C)(C)C. The largest absolute Gasteiger partial charge is 0.480 e. The third-order valence-electron chi connectivity index (χ3n) is 3.21. The van der Waals surface area contributed by atoms with E-state index in [0.717, 1.165) is 4.68 Å². The zero-order valence-corrected chi connectivity index (χ0v) is 11.9. The van der Waals surface area contributed by atoms with Crippen molar-refractivity contribution in [3.05, 3.63) is 11.9 Å². The highest BCUT2D eigenvalue weighted by Crippen LogP contribution is 2.23. The summed E-state index contributed by atoms with van der Waals surface area (Å²) in [5.74, 6) is -1.29. The minimum Gasteiger partial charge on any atom is -0.480 e. The predicted molar refractivity (Wildman–Crippen MR) is 68.7 cm³/mol. The first-order chi connectivity index (χ1) is 8.62. The molecule has 7 heteroatoms. The number of amides is 1. The minimum absolute atomic E-state index is 0.0182. The molecule has 7 nitrogen and oxygen atoms in total. The highest BCUT2D eigenvalue weighted by Gasteiger charge is 2.28. The molecule has 0 aliphatic heterocycles. The maximum atomic E-state index is 12.2. The number of carbonyl (C=O) groups is 2. The minimum atomic E-state index is -1.03. The Morgan fingerprint density at radius 1 is 1.47 bits per heavy atom. The van der Waals surface area contributed by atoms with Crippen LogP contribution in [0.2, 0.25) is 0 Å². The first kappa shape index (κ1) is 15.1. The van der Waals surface area contributed by atoms with E-state index in [-0.39, 0.29) is 29.6 Å². The van der Waals surface area contributed by atoms with Crippen LogP contribution in [0.25, 0.3) is 0 Å². The van der Waals surface area contributed by atoms with Crippen LogP contribution in [0.1, 0.15) is 38.2 Å². The summed E-state index contributed by atoms with van der Waals surface area (Å²) in [6, 6.07) is 0.0182. The number of carbonyl (C=O) groups excluding carboxylic acids is 1. The Labute approximate surface area is 112 Å². The average Bonchev–Trinajstić information content (AvgIpc) is 2.72. The van der Waals surface area contributed by atoms with E-state index in [1.807, 2.05) is 27.7 Å². The van der Waals surface area contributed by atoms with Crippen LogP contribution in [0, 0.1) is 5.41 Å². The van der Waals surface area contributed by atoms with E-state index in [1.54, 1.807) is 11.9 Å². The molecule has 0 saturated heterocycles. The molecule has 1 N–H and O–H groups in total. The normalized spacial score (nSPS) is 13.1. The van der Waals surface area contributed by atoms with Crippen molar-refractivity contribution in [1.82, 2.24) is 19.9 Å². The van der Waals surface area contributed by atoms with E-state index in [4.69, 9.17) is 5.11 Å². The smallest absolute Gasteiger partial charge is 0.325 e. The molecule has 1 heterocycles. The average molecular weight is 268 g/mol. The molecule has 1 aromatic heterocycles. The highest BCUT2D eigenvalue weighted by atomic mass is 16.4. The number of rotatable bonds is 4. The molecule has 0 spiro atoms. The lowest BCUT2D eigenvalue weighted by molar-refractivity contribution is -0.137. The van der Waals surface area contributed by atoms with Crippen molar-refractivity contribution >= 4 is 11.9 Å². The predicted octanol–water partition coefficient (Wildman–Crippen LogP) is 0.869. The van der Waals surface area contributed by atoms with Crippen molar-refractivity contribution in [3.8, 4) is 0 Å². The molecule has 106 valence electrons. The fourth-order valence-electron chi connectivity index (χ4n) is 1.55. The molecule has 1 aromatic rings. The topological polar surface area (TPSA) is 88.3 Å². The number of aliphatic carboxylic acids is 1. The van der Waals surface area contributed by atoms with E-state index in [9.17, 15) is 9.59 Å². The van der Waals surface area contributed by atoms with Gasteiger partial charge in [0.05, 0.1) is 6.20 Å². The second kappa shape index (κ2) is 5.38. The summed E-state index contributed by atoms with van der Waals surface area (Å²) >= 11 is 0. The lowest BCUT2D eigenvalue weighted by atomic mass is 9.87. The molecular formula is C12H20N4O3. The van der Waals surface area contributed by atoms with Gasteiger partial charge < -0.3 is 10.0 Å². The summed E-state index contributed by atoms with van der Waals surface area (Å²) in [4.78, 5) is 24.3. The number of aromatic nitrogens is 3. The number of carboxylic acids is 1. The molecule has 1 amide bonds. The highest BCUT2D eigenvalue weighted by molar-refractivity contribution is 5.92. The maximum absolute atomic E-state index is 12.2. The lowest BCUT2D eigenvalue weighted by Gasteiger charge is -2.34. The number of nitrogens with zero attached hydrogens (tertiary/aromatic N) is 4. The van der Waals surface area contributed by atoms with Gasteiger partial charge in [-0.25, -0.2) is 4.68 Å². The van der Waals surface area contributed by atoms with Crippen LogP contribution in [-0.2, 0) is 11.3 Å². The molecule has 0 radical (unpaired) electrons. The number of hydrogen-bond acceptors (Lipinski definition) is 4. The Hall–Kier alpha value is -1.92. The van der Waals surface area contributed by atoms with Gasteiger partial charge in [0.2, 0.25) is 0 Å². The van der Waals surface area contributed by atoms with E-state index in [0.29, 0.717) is 0 Å². The van der Waals surface area contributed by atoms with Crippen molar-refractivity contribution in [2.75, 3.05) is 7.05 Å². The second-order valence-corrected chi connectivity index (χ2v) is 5.65. The van der Waals surface area contributed by atoms with Gasteiger partial charge in [-0.05, 0) is 12.3 Å². The molecular weight excluding hydrogens is 248 g/mol. The molecule has 1 atom stereocenters. The van der Waals surface area contributed by atoms with Crippen molar-refractivity contribution in [3.63, 3.8) is 0 Å². The standard InChI is InChI=1S/C12H20N4O3/c1-8(12(2,3)4)15(5)11(19)9-6-16(14-13-9)7-10(17)18/h6,8H,7H2,1-5H3,(H,17,18). The summed E-state index contributed by atoms with van der Waals surface area (Å²) in [5.41, 5.74) is 0.0985. The van der Waals surface area contributed by atoms with Gasteiger partial charge in [0.1, 0.15) is 6.54 Å². The van der Waals surface area contributed by atoms with Crippen LogP contribution in [0.5, 0.6) is 0 Å². The van der Waals surface area contributed by atoms with Crippen LogP contribution in [0.3, 0.4) is 0 Å². The Morgan fingerprint density at radius 2 is 2.05 bits per heavy atom. The molecule has 0 saturated carbocycles. The summed E-state index contributed by atoms with van der Waals surface area (Å²) in [5, 5.41) is 16.0. The molecule has 0 aliphatic rings. The van der Waals surface area contributed by atoms with Crippen molar-refractivity contribution in [2.24, 2.45) is 5.41 Å².